The average Bonchev–Trinajstić information content (AvgIpc) is 3.35. The molecule has 0 saturated carbocycles. The first-order chi connectivity index (χ1) is 34.6. The Balaban J connectivity index is 2.65. The van der Waals surface area contributed by atoms with E-state index in [2.05, 4.69) is 51.2 Å². The molecule has 1 fully saturated rings. The van der Waals surface area contributed by atoms with E-state index in [0.717, 1.165) is 57.8 Å². The number of allylic oxidation sites excluding steroid dienone is 8. The molecule has 0 aromatic heterocycles. The maximum Gasteiger partial charge on any atom is 0.335 e. The molecule has 0 aromatic carbocycles. The van der Waals surface area contributed by atoms with Gasteiger partial charge in [0.05, 0.1) is 6.61 Å². The summed E-state index contributed by atoms with van der Waals surface area (Å²) in [6.07, 6.45) is 44.1. The number of hydrogen-bond acceptors (Lipinski definition) is 11. The van der Waals surface area contributed by atoms with Gasteiger partial charge >= 0.3 is 23.9 Å². The summed E-state index contributed by atoms with van der Waals surface area (Å²) < 4.78 is 28.2. The Morgan fingerprint density at radius 3 is 1.32 bits per heavy atom. The lowest BCUT2D eigenvalue weighted by atomic mass is 9.98. The van der Waals surface area contributed by atoms with Crippen molar-refractivity contribution in [1.29, 1.82) is 0 Å². The number of aliphatic hydroxyl groups is 2. The SMILES string of the molecule is CC/C=C\C/C=C\C/C=C\C/C=C\CCC(=O)OC1C(OCC(COC(=O)CCCCCCCCCCCCCCCCCCCCC)OC(=O)CCCCCCCCCCC)OC(C(=O)O)C(O)C1O. The highest BCUT2D eigenvalue weighted by Gasteiger charge is 2.50. The third kappa shape index (κ3) is 38.0. The molecule has 1 heterocycles. The smallest absolute Gasteiger partial charge is 0.335 e. The number of carboxylic acid groups (broad SMARTS) is 1. The van der Waals surface area contributed by atoms with Crippen molar-refractivity contribution in [1.82, 2.24) is 0 Å². The van der Waals surface area contributed by atoms with Crippen LogP contribution in [-0.4, -0.2) is 89.2 Å². The minimum atomic E-state index is -1.92. The van der Waals surface area contributed by atoms with Crippen molar-refractivity contribution in [2.45, 2.75) is 289 Å². The highest BCUT2D eigenvalue weighted by molar-refractivity contribution is 5.74. The number of aliphatic carboxylic acids is 1. The summed E-state index contributed by atoms with van der Waals surface area (Å²) in [5, 5.41) is 31.3. The Labute approximate surface area is 431 Å². The van der Waals surface area contributed by atoms with E-state index in [4.69, 9.17) is 23.7 Å². The molecule has 1 aliphatic rings. The lowest BCUT2D eigenvalue weighted by molar-refractivity contribution is -0.301. The zero-order valence-electron chi connectivity index (χ0n) is 45.0. The van der Waals surface area contributed by atoms with Crippen LogP contribution in [0.5, 0.6) is 0 Å². The van der Waals surface area contributed by atoms with Gasteiger partial charge in [0.1, 0.15) is 18.8 Å². The highest BCUT2D eigenvalue weighted by atomic mass is 16.7. The fourth-order valence-corrected chi connectivity index (χ4v) is 8.56. The van der Waals surface area contributed by atoms with Crippen molar-refractivity contribution < 1.29 is 58.2 Å². The first-order valence-corrected chi connectivity index (χ1v) is 28.6. The Kier molecular flexibility index (Phi) is 44.1. The maximum absolute atomic E-state index is 13.0. The van der Waals surface area contributed by atoms with Gasteiger partial charge in [0.25, 0.3) is 0 Å². The summed E-state index contributed by atoms with van der Waals surface area (Å²) in [5.41, 5.74) is 0. The Morgan fingerprint density at radius 2 is 0.887 bits per heavy atom. The standard InChI is InChI=1S/C59H102O12/c1-4-7-10-13-16-19-21-23-24-25-26-27-28-30-31-34-36-39-42-45-51(60)67-48-50(69-52(61)46-43-40-37-33-18-15-12-9-6-3)49-68-59-57(55(64)54(63)56(71-59)58(65)66)70-53(62)47-44-41-38-35-32-29-22-20-17-14-11-8-5-2/h8,11,17,20,29,32,38,41,50,54-57,59,63-64H,4-7,9-10,12-16,18-19,21-28,30-31,33-37,39-40,42-49H2,1-3H3,(H,65,66)/b11-8-,20-17-,32-29-,41-38-. The first kappa shape index (κ1) is 65.7. The molecule has 0 aliphatic carbocycles. The van der Waals surface area contributed by atoms with Crippen LogP contribution in [0.2, 0.25) is 0 Å². The van der Waals surface area contributed by atoms with Crippen molar-refractivity contribution in [3.63, 3.8) is 0 Å². The van der Waals surface area contributed by atoms with E-state index in [1.165, 1.54) is 128 Å². The molecule has 6 atom stereocenters. The lowest BCUT2D eigenvalue weighted by Gasteiger charge is -2.40. The van der Waals surface area contributed by atoms with E-state index < -0.39 is 67.3 Å². The van der Waals surface area contributed by atoms with Crippen LogP contribution in [-0.2, 0) is 42.9 Å². The Hall–Kier alpha value is -3.32. The zero-order valence-corrected chi connectivity index (χ0v) is 45.0. The van der Waals surface area contributed by atoms with Gasteiger partial charge in [-0.05, 0) is 44.9 Å². The fraction of sp³-hybridized carbons (Fsp3) is 0.797. The number of carboxylic acids is 1. The summed E-state index contributed by atoms with van der Waals surface area (Å²) in [6.45, 7) is 5.82. The van der Waals surface area contributed by atoms with Crippen LogP contribution in [0.4, 0.5) is 0 Å². The first-order valence-electron chi connectivity index (χ1n) is 28.6. The molecule has 1 saturated heterocycles. The monoisotopic (exact) mass is 1000 g/mol. The fourth-order valence-electron chi connectivity index (χ4n) is 8.56. The molecule has 0 radical (unpaired) electrons. The number of aliphatic hydroxyl groups excluding tert-OH is 2. The van der Waals surface area contributed by atoms with Crippen LogP contribution in [0.15, 0.2) is 48.6 Å². The van der Waals surface area contributed by atoms with Crippen LogP contribution in [0, 0.1) is 0 Å². The Morgan fingerprint density at radius 1 is 0.479 bits per heavy atom. The molecule has 0 amide bonds. The van der Waals surface area contributed by atoms with Crippen LogP contribution >= 0.6 is 0 Å². The molecule has 1 rings (SSSR count). The molecule has 71 heavy (non-hydrogen) atoms. The van der Waals surface area contributed by atoms with Crippen molar-refractivity contribution in [3.05, 3.63) is 48.6 Å². The largest absolute Gasteiger partial charge is 0.479 e. The third-order valence-corrected chi connectivity index (χ3v) is 12.9. The van der Waals surface area contributed by atoms with Crippen LogP contribution < -0.4 is 0 Å². The van der Waals surface area contributed by atoms with Crippen molar-refractivity contribution in [3.8, 4) is 0 Å². The highest BCUT2D eigenvalue weighted by Crippen LogP contribution is 2.26. The van der Waals surface area contributed by atoms with E-state index in [1.54, 1.807) is 0 Å². The van der Waals surface area contributed by atoms with Gasteiger partial charge in [-0.1, -0.05) is 236 Å². The number of carbonyl (C=O) groups is 4. The van der Waals surface area contributed by atoms with E-state index in [1.807, 2.05) is 18.2 Å². The number of hydrogen-bond donors (Lipinski definition) is 3. The van der Waals surface area contributed by atoms with Gasteiger partial charge in [-0.2, -0.15) is 0 Å². The summed E-state index contributed by atoms with van der Waals surface area (Å²) in [7, 11) is 0. The van der Waals surface area contributed by atoms with Gasteiger partial charge < -0.3 is 39.0 Å². The quantitative estimate of drug-likeness (QED) is 0.0228. The summed E-state index contributed by atoms with van der Waals surface area (Å²) in [4.78, 5) is 50.8. The van der Waals surface area contributed by atoms with Crippen LogP contribution in [0.25, 0.3) is 0 Å². The van der Waals surface area contributed by atoms with Gasteiger partial charge in [0.2, 0.25) is 0 Å². The van der Waals surface area contributed by atoms with Gasteiger partial charge in [-0.25, -0.2) is 4.79 Å². The molecule has 0 aromatic rings. The number of carbonyl (C=O) groups excluding carboxylic acids is 3. The van der Waals surface area contributed by atoms with Crippen LogP contribution in [0.1, 0.15) is 252 Å². The summed E-state index contributed by atoms with van der Waals surface area (Å²) in [6, 6.07) is 0. The molecule has 410 valence electrons. The van der Waals surface area contributed by atoms with E-state index >= 15 is 0 Å². The number of ether oxygens (including phenoxy) is 5. The molecule has 0 bridgehead atoms. The molecular weight excluding hydrogens is 901 g/mol. The maximum atomic E-state index is 13.0. The average molecular weight is 1000 g/mol. The van der Waals surface area contributed by atoms with E-state index in [-0.39, 0.29) is 25.9 Å². The van der Waals surface area contributed by atoms with Gasteiger partial charge in [0, 0.05) is 19.3 Å². The molecule has 6 unspecified atom stereocenters. The van der Waals surface area contributed by atoms with Crippen molar-refractivity contribution in [2.24, 2.45) is 0 Å². The van der Waals surface area contributed by atoms with Crippen molar-refractivity contribution >= 4 is 23.9 Å². The Bertz CT molecular complexity index is 1420. The second kappa shape index (κ2) is 47.7. The van der Waals surface area contributed by atoms with Crippen LogP contribution in [0.3, 0.4) is 0 Å². The molecular formula is C59H102O12. The third-order valence-electron chi connectivity index (χ3n) is 12.9. The van der Waals surface area contributed by atoms with Gasteiger partial charge in [-0.15, -0.1) is 0 Å². The molecule has 12 nitrogen and oxygen atoms in total. The minimum Gasteiger partial charge on any atom is -0.479 e. The molecule has 0 spiro atoms. The van der Waals surface area contributed by atoms with Gasteiger partial charge in [-0.3, -0.25) is 14.4 Å². The molecule has 1 aliphatic heterocycles. The van der Waals surface area contributed by atoms with E-state index in [0.29, 0.717) is 25.7 Å². The number of esters is 3. The second-order valence-electron chi connectivity index (χ2n) is 19.6. The molecule has 3 N–H and O–H groups in total. The number of rotatable bonds is 48. The summed E-state index contributed by atoms with van der Waals surface area (Å²) in [5.74, 6) is -3.21. The van der Waals surface area contributed by atoms with Crippen molar-refractivity contribution in [2.75, 3.05) is 13.2 Å². The van der Waals surface area contributed by atoms with E-state index in [9.17, 15) is 34.5 Å². The second-order valence-corrected chi connectivity index (χ2v) is 19.6. The predicted molar refractivity (Wildman–Crippen MR) is 285 cm³/mol. The minimum absolute atomic E-state index is 0.0584. The predicted octanol–water partition coefficient (Wildman–Crippen LogP) is 14.2. The summed E-state index contributed by atoms with van der Waals surface area (Å²) >= 11 is 0. The normalized spacial score (nSPS) is 18.8. The lowest BCUT2D eigenvalue weighted by Crippen LogP contribution is -2.61. The number of unbranched alkanes of at least 4 members (excludes halogenated alkanes) is 26. The zero-order chi connectivity index (χ0) is 51.8. The molecule has 12 heteroatoms. The topological polar surface area (TPSA) is 175 Å². The van der Waals surface area contributed by atoms with Gasteiger partial charge in [0.15, 0.2) is 24.6 Å².